The molecule has 31 heavy (non-hydrogen) atoms. The number of hydrogen-bond donors (Lipinski definition) is 2. The summed E-state index contributed by atoms with van der Waals surface area (Å²) in [5.41, 5.74) is 5.98. The Morgan fingerprint density at radius 2 is 1.87 bits per heavy atom. The second-order valence-electron chi connectivity index (χ2n) is 6.72. The Balaban J connectivity index is 1.58. The molecule has 0 aliphatic carbocycles. The van der Waals surface area contributed by atoms with Gasteiger partial charge in [0, 0.05) is 5.56 Å². The zero-order valence-corrected chi connectivity index (χ0v) is 17.8. The number of hydrogen-bond acceptors (Lipinski definition) is 6. The molecule has 0 aliphatic rings. The molecule has 0 unspecified atom stereocenters. The van der Waals surface area contributed by atoms with E-state index in [-0.39, 0.29) is 12.4 Å². The Morgan fingerprint density at radius 1 is 1.06 bits per heavy atom. The number of phenols is 1. The van der Waals surface area contributed by atoms with Gasteiger partial charge in [0.2, 0.25) is 0 Å². The van der Waals surface area contributed by atoms with Gasteiger partial charge in [0.25, 0.3) is 5.91 Å². The molecule has 7 nitrogen and oxygen atoms in total. The van der Waals surface area contributed by atoms with Crippen molar-refractivity contribution in [2.45, 2.75) is 13.8 Å². The monoisotopic (exact) mass is 436 g/mol. The topological polar surface area (TPSA) is 95.6 Å². The summed E-state index contributed by atoms with van der Waals surface area (Å²) in [5, 5.41) is 22.6. The molecule has 3 aromatic rings. The predicted octanol–water partition coefficient (Wildman–Crippen LogP) is 5.61. The maximum Gasteiger partial charge on any atom is 0.277 e. The van der Waals surface area contributed by atoms with Crippen molar-refractivity contribution in [2.75, 3.05) is 6.61 Å². The quantitative estimate of drug-likeness (QED) is 0.286. The van der Waals surface area contributed by atoms with Gasteiger partial charge in [0.05, 0.1) is 16.9 Å². The number of phenolic OH excluding ortho intramolecular Hbond substituents is 1. The summed E-state index contributed by atoms with van der Waals surface area (Å²) in [6.07, 6.45) is 1.32. The summed E-state index contributed by atoms with van der Waals surface area (Å²) >= 11 is 6.06. The fourth-order valence-electron chi connectivity index (χ4n) is 2.51. The molecule has 3 rings (SSSR count). The molecule has 0 bridgehead atoms. The summed E-state index contributed by atoms with van der Waals surface area (Å²) in [7, 11) is 0. The van der Waals surface area contributed by atoms with Crippen LogP contribution in [-0.2, 0) is 4.79 Å². The summed E-state index contributed by atoms with van der Waals surface area (Å²) in [6, 6.07) is 17.3. The normalized spacial score (nSPS) is 11.2. The van der Waals surface area contributed by atoms with E-state index in [1.807, 2.05) is 32.0 Å². The van der Waals surface area contributed by atoms with Crippen LogP contribution in [0.15, 0.2) is 76.0 Å². The fourth-order valence-corrected chi connectivity index (χ4v) is 2.68. The number of aryl methyl sites for hydroxylation is 2. The van der Waals surface area contributed by atoms with Gasteiger partial charge in [-0.05, 0) is 67.4 Å². The number of aromatic hydroxyl groups is 1. The third-order valence-electron chi connectivity index (χ3n) is 4.38. The van der Waals surface area contributed by atoms with Gasteiger partial charge >= 0.3 is 0 Å². The van der Waals surface area contributed by atoms with Crippen LogP contribution in [0.2, 0.25) is 5.02 Å². The van der Waals surface area contributed by atoms with Gasteiger partial charge in [0.15, 0.2) is 6.61 Å². The molecule has 0 aromatic heterocycles. The number of carbonyl (C=O) groups is 1. The molecule has 0 saturated carbocycles. The highest BCUT2D eigenvalue weighted by Gasteiger charge is 2.04. The van der Waals surface area contributed by atoms with Gasteiger partial charge in [-0.3, -0.25) is 4.79 Å². The van der Waals surface area contributed by atoms with E-state index in [9.17, 15) is 9.90 Å². The lowest BCUT2D eigenvalue weighted by Gasteiger charge is -2.07. The van der Waals surface area contributed by atoms with E-state index >= 15 is 0 Å². The minimum Gasteiger partial charge on any atom is -0.507 e. The highest BCUT2D eigenvalue weighted by Crippen LogP contribution is 2.27. The first kappa shape index (κ1) is 22.0. The SMILES string of the molecule is Cc1ccc(OCC(=O)NN=Cc2cc(N=Nc3ccccc3Cl)ccc2O)cc1C. The molecule has 0 fully saturated rings. The molecule has 0 atom stereocenters. The van der Waals surface area contributed by atoms with Gasteiger partial charge in [-0.1, -0.05) is 29.8 Å². The molecule has 0 heterocycles. The van der Waals surface area contributed by atoms with Crippen molar-refractivity contribution in [1.29, 1.82) is 0 Å². The average Bonchev–Trinajstić information content (AvgIpc) is 2.76. The molecule has 2 N–H and O–H groups in total. The van der Waals surface area contributed by atoms with Crippen molar-refractivity contribution < 1.29 is 14.6 Å². The first-order chi connectivity index (χ1) is 14.9. The third-order valence-corrected chi connectivity index (χ3v) is 4.70. The lowest BCUT2D eigenvalue weighted by molar-refractivity contribution is -0.123. The van der Waals surface area contributed by atoms with Crippen molar-refractivity contribution in [3.05, 3.63) is 82.4 Å². The van der Waals surface area contributed by atoms with Gasteiger partial charge in [-0.2, -0.15) is 10.2 Å². The molecular weight excluding hydrogens is 416 g/mol. The van der Waals surface area contributed by atoms with E-state index in [1.165, 1.54) is 12.3 Å². The number of benzene rings is 3. The van der Waals surface area contributed by atoms with Crippen LogP contribution in [0.5, 0.6) is 11.5 Å². The van der Waals surface area contributed by atoms with Gasteiger partial charge < -0.3 is 9.84 Å². The number of halogens is 1. The number of azo groups is 1. The first-order valence-electron chi connectivity index (χ1n) is 9.43. The zero-order valence-electron chi connectivity index (χ0n) is 17.0. The molecule has 0 saturated heterocycles. The molecule has 0 aliphatic heterocycles. The van der Waals surface area contributed by atoms with Crippen LogP contribution in [-0.4, -0.2) is 23.8 Å². The Morgan fingerprint density at radius 3 is 2.65 bits per heavy atom. The second-order valence-corrected chi connectivity index (χ2v) is 7.13. The lowest BCUT2D eigenvalue weighted by atomic mass is 10.1. The summed E-state index contributed by atoms with van der Waals surface area (Å²) < 4.78 is 5.46. The third kappa shape index (κ3) is 6.38. The van der Waals surface area contributed by atoms with E-state index in [2.05, 4.69) is 20.8 Å². The minimum atomic E-state index is -0.427. The maximum atomic E-state index is 11.9. The Kier molecular flexibility index (Phi) is 7.35. The number of carbonyl (C=O) groups excluding carboxylic acids is 1. The molecule has 8 heteroatoms. The fraction of sp³-hybridized carbons (Fsp3) is 0.130. The Labute approximate surface area is 185 Å². The van der Waals surface area contributed by atoms with Crippen molar-refractivity contribution in [3.63, 3.8) is 0 Å². The van der Waals surface area contributed by atoms with E-state index in [0.717, 1.165) is 11.1 Å². The number of hydrazone groups is 1. The molecule has 3 aromatic carbocycles. The number of ether oxygens (including phenoxy) is 1. The number of amides is 1. The molecular formula is C23H21ClN4O3. The van der Waals surface area contributed by atoms with Gasteiger partial charge in [-0.25, -0.2) is 5.43 Å². The summed E-state index contributed by atoms with van der Waals surface area (Å²) in [4.78, 5) is 11.9. The van der Waals surface area contributed by atoms with Crippen molar-refractivity contribution in [3.8, 4) is 11.5 Å². The molecule has 158 valence electrons. The summed E-state index contributed by atoms with van der Waals surface area (Å²) in [5.74, 6) is 0.168. The maximum absolute atomic E-state index is 11.9. The van der Waals surface area contributed by atoms with Gasteiger partial charge in [0.1, 0.15) is 17.2 Å². The lowest BCUT2D eigenvalue weighted by Crippen LogP contribution is -2.24. The first-order valence-corrected chi connectivity index (χ1v) is 9.81. The molecule has 0 radical (unpaired) electrons. The van der Waals surface area contributed by atoms with Crippen LogP contribution in [0.1, 0.15) is 16.7 Å². The Bertz CT molecular complexity index is 1150. The Hall–Kier alpha value is -3.71. The highest BCUT2D eigenvalue weighted by molar-refractivity contribution is 6.32. The average molecular weight is 437 g/mol. The standard InChI is InChI=1S/C23H21ClN4O3/c1-15-7-9-19(11-16(15)2)31-14-23(30)28-25-13-17-12-18(8-10-22(17)29)26-27-21-6-4-3-5-20(21)24/h3-13,29H,14H2,1-2H3,(H,28,30). The highest BCUT2D eigenvalue weighted by atomic mass is 35.5. The number of nitrogens with zero attached hydrogens (tertiary/aromatic N) is 3. The van der Waals surface area contributed by atoms with Crippen molar-refractivity contribution in [1.82, 2.24) is 5.43 Å². The van der Waals surface area contributed by atoms with Crippen LogP contribution in [0.4, 0.5) is 11.4 Å². The van der Waals surface area contributed by atoms with E-state index in [0.29, 0.717) is 27.7 Å². The van der Waals surface area contributed by atoms with Crippen LogP contribution >= 0.6 is 11.6 Å². The minimum absolute atomic E-state index is 0.0129. The van der Waals surface area contributed by atoms with Crippen LogP contribution in [0.3, 0.4) is 0 Å². The molecule has 0 spiro atoms. The summed E-state index contributed by atoms with van der Waals surface area (Å²) in [6.45, 7) is 3.79. The zero-order chi connectivity index (χ0) is 22.2. The largest absolute Gasteiger partial charge is 0.507 e. The van der Waals surface area contributed by atoms with E-state index < -0.39 is 5.91 Å². The van der Waals surface area contributed by atoms with E-state index in [4.69, 9.17) is 16.3 Å². The van der Waals surface area contributed by atoms with Crippen molar-refractivity contribution >= 4 is 35.1 Å². The van der Waals surface area contributed by atoms with Gasteiger partial charge in [-0.15, -0.1) is 5.11 Å². The second kappa shape index (κ2) is 10.4. The smallest absolute Gasteiger partial charge is 0.277 e. The van der Waals surface area contributed by atoms with Crippen LogP contribution in [0.25, 0.3) is 0 Å². The van der Waals surface area contributed by atoms with Crippen LogP contribution in [0, 0.1) is 13.8 Å². The molecule has 1 amide bonds. The van der Waals surface area contributed by atoms with E-state index in [1.54, 1.807) is 36.4 Å². The number of rotatable bonds is 7. The number of nitrogens with one attached hydrogen (secondary N) is 1. The van der Waals surface area contributed by atoms with Crippen molar-refractivity contribution in [2.24, 2.45) is 15.3 Å². The van der Waals surface area contributed by atoms with Crippen LogP contribution < -0.4 is 10.2 Å². The predicted molar refractivity (Wildman–Crippen MR) is 121 cm³/mol.